The van der Waals surface area contributed by atoms with Crippen LogP contribution in [0.25, 0.3) is 0 Å². The van der Waals surface area contributed by atoms with Gasteiger partial charge in [0.25, 0.3) is 0 Å². The fraction of sp³-hybridized carbons (Fsp3) is 0.440. The van der Waals surface area contributed by atoms with Gasteiger partial charge >= 0.3 is 5.97 Å². The second kappa shape index (κ2) is 9.84. The molecule has 5 nitrogen and oxygen atoms in total. The summed E-state index contributed by atoms with van der Waals surface area (Å²) in [5.41, 5.74) is 4.23. The van der Waals surface area contributed by atoms with Gasteiger partial charge in [0.1, 0.15) is 0 Å². The average Bonchev–Trinajstić information content (AvgIpc) is 3.09. The van der Waals surface area contributed by atoms with Gasteiger partial charge in [0.15, 0.2) is 0 Å². The van der Waals surface area contributed by atoms with E-state index in [0.29, 0.717) is 13.0 Å². The topological polar surface area (TPSA) is 49.9 Å². The maximum Gasteiger partial charge on any atom is 0.310 e. The van der Waals surface area contributed by atoms with Crippen LogP contribution in [0.2, 0.25) is 5.02 Å². The van der Waals surface area contributed by atoms with E-state index >= 15 is 0 Å². The van der Waals surface area contributed by atoms with Gasteiger partial charge < -0.3 is 14.5 Å². The first-order valence-electron chi connectivity index (χ1n) is 11.1. The molecule has 31 heavy (non-hydrogen) atoms. The normalized spacial score (nSPS) is 17.1. The van der Waals surface area contributed by atoms with Crippen LogP contribution in [0.3, 0.4) is 0 Å². The Morgan fingerprint density at radius 3 is 2.52 bits per heavy atom. The Morgan fingerprint density at radius 1 is 1.10 bits per heavy atom. The molecule has 0 saturated carbocycles. The van der Waals surface area contributed by atoms with Crippen molar-refractivity contribution in [3.8, 4) is 0 Å². The molecule has 1 saturated heterocycles. The smallest absolute Gasteiger partial charge is 0.310 e. The number of amides is 1. The molecular weight excluding hydrogens is 412 g/mol. The number of benzene rings is 2. The number of likely N-dealkylation sites (tertiary alicyclic amines) is 1. The molecule has 0 atom stereocenters. The van der Waals surface area contributed by atoms with E-state index < -0.39 is 0 Å². The van der Waals surface area contributed by atoms with Crippen LogP contribution in [-0.2, 0) is 33.6 Å². The first kappa shape index (κ1) is 21.8. The molecule has 0 unspecified atom stereocenters. The molecule has 0 N–H and O–H groups in total. The van der Waals surface area contributed by atoms with Gasteiger partial charge in [-0.05, 0) is 61.1 Å². The molecule has 2 aromatic carbocycles. The maximum atomic E-state index is 12.8. The fourth-order valence-corrected chi connectivity index (χ4v) is 4.72. The third-order valence-corrected chi connectivity index (χ3v) is 6.48. The summed E-state index contributed by atoms with van der Waals surface area (Å²) in [6, 6.07) is 14.2. The molecule has 0 aliphatic carbocycles. The number of carbonyl (C=O) groups excluding carboxylic acids is 2. The van der Waals surface area contributed by atoms with Crippen molar-refractivity contribution in [3.05, 3.63) is 64.2 Å². The van der Waals surface area contributed by atoms with Crippen molar-refractivity contribution < 1.29 is 14.3 Å². The predicted molar refractivity (Wildman–Crippen MR) is 123 cm³/mol. The van der Waals surface area contributed by atoms with Gasteiger partial charge in [-0.1, -0.05) is 35.9 Å². The summed E-state index contributed by atoms with van der Waals surface area (Å²) >= 11 is 5.97. The second-order valence-corrected chi connectivity index (χ2v) is 8.77. The lowest BCUT2D eigenvalue weighted by Crippen LogP contribution is -2.46. The summed E-state index contributed by atoms with van der Waals surface area (Å²) in [6.07, 6.45) is 3.63. The van der Waals surface area contributed by atoms with E-state index in [1.807, 2.05) is 42.2 Å². The minimum absolute atomic E-state index is 0.169. The van der Waals surface area contributed by atoms with Crippen LogP contribution in [0.1, 0.15) is 36.5 Å². The lowest BCUT2D eigenvalue weighted by Gasteiger charge is -2.37. The molecule has 2 aliphatic rings. The van der Waals surface area contributed by atoms with Crippen molar-refractivity contribution in [2.24, 2.45) is 0 Å². The number of anilines is 1. The van der Waals surface area contributed by atoms with Crippen molar-refractivity contribution in [2.45, 2.75) is 45.1 Å². The molecule has 2 heterocycles. The molecule has 6 heteroatoms. The Balaban J connectivity index is 1.36. The van der Waals surface area contributed by atoms with Crippen molar-refractivity contribution in [3.63, 3.8) is 0 Å². The zero-order valence-corrected chi connectivity index (χ0v) is 18.7. The van der Waals surface area contributed by atoms with Crippen molar-refractivity contribution in [2.75, 3.05) is 31.1 Å². The third-order valence-electron chi connectivity index (χ3n) is 6.23. The molecule has 2 aromatic rings. The number of ether oxygens (including phenoxy) is 1. The highest BCUT2D eigenvalue weighted by atomic mass is 35.5. The summed E-state index contributed by atoms with van der Waals surface area (Å²) in [4.78, 5) is 29.1. The SMILES string of the molecule is CCOC(=O)Cc1ccc2c(c1)N(C1CCN(CCc3ccc(Cl)cc3)CC1)C(=O)C2. The summed E-state index contributed by atoms with van der Waals surface area (Å²) in [5.74, 6) is -0.0600. The Morgan fingerprint density at radius 2 is 1.81 bits per heavy atom. The summed E-state index contributed by atoms with van der Waals surface area (Å²) in [5, 5.41) is 0.769. The Bertz CT molecular complexity index is 936. The van der Waals surface area contributed by atoms with Gasteiger partial charge in [-0.25, -0.2) is 0 Å². The van der Waals surface area contributed by atoms with E-state index in [2.05, 4.69) is 17.0 Å². The van der Waals surface area contributed by atoms with Gasteiger partial charge in [0, 0.05) is 36.4 Å². The second-order valence-electron chi connectivity index (χ2n) is 8.33. The number of rotatable bonds is 7. The van der Waals surface area contributed by atoms with Gasteiger partial charge in [0.05, 0.1) is 19.4 Å². The molecule has 1 fully saturated rings. The van der Waals surface area contributed by atoms with E-state index in [4.69, 9.17) is 16.3 Å². The van der Waals surface area contributed by atoms with Crippen molar-refractivity contribution in [1.29, 1.82) is 0 Å². The van der Waals surface area contributed by atoms with Crippen LogP contribution in [-0.4, -0.2) is 49.1 Å². The van der Waals surface area contributed by atoms with E-state index in [9.17, 15) is 9.59 Å². The number of piperidine rings is 1. The van der Waals surface area contributed by atoms with Crippen molar-refractivity contribution in [1.82, 2.24) is 4.90 Å². The van der Waals surface area contributed by atoms with Crippen LogP contribution in [0.4, 0.5) is 5.69 Å². The summed E-state index contributed by atoms with van der Waals surface area (Å²) < 4.78 is 5.07. The number of halogens is 1. The molecule has 0 radical (unpaired) electrons. The Hall–Kier alpha value is -2.37. The van der Waals surface area contributed by atoms with Crippen LogP contribution in [0.5, 0.6) is 0 Å². The molecule has 0 spiro atoms. The zero-order chi connectivity index (χ0) is 21.8. The number of hydrogen-bond donors (Lipinski definition) is 0. The van der Waals surface area contributed by atoms with E-state index in [0.717, 1.165) is 60.7 Å². The number of carbonyl (C=O) groups is 2. The number of hydrogen-bond acceptors (Lipinski definition) is 4. The highest BCUT2D eigenvalue weighted by Gasteiger charge is 2.35. The van der Waals surface area contributed by atoms with Crippen LogP contribution < -0.4 is 4.90 Å². The van der Waals surface area contributed by atoms with Crippen molar-refractivity contribution >= 4 is 29.2 Å². The predicted octanol–water partition coefficient (Wildman–Crippen LogP) is 4.04. The largest absolute Gasteiger partial charge is 0.466 e. The third kappa shape index (κ3) is 5.28. The van der Waals surface area contributed by atoms with E-state index in [-0.39, 0.29) is 24.3 Å². The molecule has 1 amide bonds. The first-order chi connectivity index (χ1) is 15.0. The quantitative estimate of drug-likeness (QED) is 0.609. The fourth-order valence-electron chi connectivity index (χ4n) is 4.59. The van der Waals surface area contributed by atoms with Gasteiger partial charge in [0.2, 0.25) is 5.91 Å². The number of fused-ring (bicyclic) bond motifs is 1. The zero-order valence-electron chi connectivity index (χ0n) is 18.0. The van der Waals surface area contributed by atoms with E-state index in [1.165, 1.54) is 5.56 Å². The Labute approximate surface area is 188 Å². The number of esters is 1. The minimum atomic E-state index is -0.229. The number of nitrogens with zero attached hydrogens (tertiary/aromatic N) is 2. The molecule has 2 aliphatic heterocycles. The minimum Gasteiger partial charge on any atom is -0.466 e. The average molecular weight is 441 g/mol. The van der Waals surface area contributed by atoms with Crippen LogP contribution >= 0.6 is 11.6 Å². The van der Waals surface area contributed by atoms with Crippen LogP contribution in [0.15, 0.2) is 42.5 Å². The van der Waals surface area contributed by atoms with Gasteiger partial charge in [-0.3, -0.25) is 9.59 Å². The lowest BCUT2D eigenvalue weighted by atomic mass is 10.0. The van der Waals surface area contributed by atoms with E-state index in [1.54, 1.807) is 0 Å². The van der Waals surface area contributed by atoms with Gasteiger partial charge in [-0.15, -0.1) is 0 Å². The van der Waals surface area contributed by atoms with Gasteiger partial charge in [-0.2, -0.15) is 0 Å². The molecule has 0 bridgehead atoms. The molecule has 4 rings (SSSR count). The highest BCUT2D eigenvalue weighted by molar-refractivity contribution is 6.30. The summed E-state index contributed by atoms with van der Waals surface area (Å²) in [7, 11) is 0. The molecule has 0 aromatic heterocycles. The Kier molecular flexibility index (Phi) is 6.93. The first-order valence-corrected chi connectivity index (χ1v) is 11.5. The highest BCUT2D eigenvalue weighted by Crippen LogP contribution is 2.34. The van der Waals surface area contributed by atoms with Crippen LogP contribution in [0, 0.1) is 0 Å². The monoisotopic (exact) mass is 440 g/mol. The summed E-state index contributed by atoms with van der Waals surface area (Å²) in [6.45, 7) is 5.18. The lowest BCUT2D eigenvalue weighted by molar-refractivity contribution is -0.142. The standard InChI is InChI=1S/C25H29ClN2O3/c1-2-31-25(30)16-19-3-6-20-17-24(29)28(23(20)15-19)22-10-13-27(14-11-22)12-9-18-4-7-21(26)8-5-18/h3-8,15,22H,2,9-14,16-17H2,1H3. The molecule has 164 valence electrons. The molecular formula is C25H29ClN2O3. The maximum absolute atomic E-state index is 12.8.